The number of hydrogen-bond acceptors (Lipinski definition) is 4. The first-order chi connectivity index (χ1) is 7.92. The van der Waals surface area contributed by atoms with Gasteiger partial charge in [-0.15, -0.1) is 0 Å². The lowest BCUT2D eigenvalue weighted by molar-refractivity contribution is 0.168. The lowest BCUT2D eigenvalue weighted by Gasteiger charge is -2.20. The lowest BCUT2D eigenvalue weighted by atomic mass is 10.2. The molecule has 2 aliphatic rings. The summed E-state index contributed by atoms with van der Waals surface area (Å²) in [7, 11) is 0. The van der Waals surface area contributed by atoms with E-state index in [0.29, 0.717) is 13.2 Å². The minimum atomic E-state index is 0.280. The summed E-state index contributed by atoms with van der Waals surface area (Å²) in [6, 6.07) is 5.75. The van der Waals surface area contributed by atoms with Crippen molar-refractivity contribution in [3.8, 4) is 17.2 Å². The Morgan fingerprint density at radius 2 is 2.06 bits per heavy atom. The summed E-state index contributed by atoms with van der Waals surface area (Å²) in [6.45, 7) is 3.20. The van der Waals surface area contributed by atoms with Gasteiger partial charge in [0.15, 0.2) is 11.5 Å². The summed E-state index contributed by atoms with van der Waals surface area (Å²) < 4.78 is 16.8. The van der Waals surface area contributed by atoms with Crippen LogP contribution in [-0.2, 0) is 0 Å². The van der Waals surface area contributed by atoms with Crippen molar-refractivity contribution >= 4 is 0 Å². The Morgan fingerprint density at radius 3 is 2.88 bits per heavy atom. The van der Waals surface area contributed by atoms with Crippen LogP contribution in [0.4, 0.5) is 0 Å². The Bertz CT molecular complexity index is 375. The first-order valence-electron chi connectivity index (χ1n) is 5.69. The van der Waals surface area contributed by atoms with Crippen LogP contribution in [0.15, 0.2) is 18.2 Å². The topological polar surface area (TPSA) is 39.7 Å². The van der Waals surface area contributed by atoms with Crippen molar-refractivity contribution in [1.82, 2.24) is 5.32 Å². The number of nitrogens with one attached hydrogen (secondary N) is 1. The highest BCUT2D eigenvalue weighted by molar-refractivity contribution is 5.46. The number of benzene rings is 1. The number of rotatable bonds is 2. The van der Waals surface area contributed by atoms with Crippen LogP contribution in [-0.4, -0.2) is 32.4 Å². The third-order valence-corrected chi connectivity index (χ3v) is 2.83. The van der Waals surface area contributed by atoms with E-state index in [1.165, 1.54) is 0 Å². The van der Waals surface area contributed by atoms with Crippen molar-refractivity contribution in [3.05, 3.63) is 18.2 Å². The minimum Gasteiger partial charge on any atom is -0.489 e. The van der Waals surface area contributed by atoms with Crippen LogP contribution in [0, 0.1) is 0 Å². The molecule has 0 aliphatic carbocycles. The molecule has 86 valence electrons. The van der Waals surface area contributed by atoms with Gasteiger partial charge in [0.1, 0.15) is 25.1 Å². The zero-order valence-electron chi connectivity index (χ0n) is 9.07. The van der Waals surface area contributed by atoms with Gasteiger partial charge in [-0.05, 0) is 25.1 Å². The largest absolute Gasteiger partial charge is 0.489 e. The fourth-order valence-corrected chi connectivity index (χ4v) is 2.02. The Balaban J connectivity index is 1.74. The lowest BCUT2D eigenvalue weighted by Crippen LogP contribution is -2.20. The molecule has 1 aromatic carbocycles. The van der Waals surface area contributed by atoms with Gasteiger partial charge in [0.25, 0.3) is 0 Å². The van der Waals surface area contributed by atoms with Gasteiger partial charge in [-0.2, -0.15) is 0 Å². The fourth-order valence-electron chi connectivity index (χ4n) is 2.02. The molecule has 1 fully saturated rings. The summed E-state index contributed by atoms with van der Waals surface area (Å²) in [6.07, 6.45) is 1.34. The summed E-state index contributed by atoms with van der Waals surface area (Å²) in [4.78, 5) is 0. The molecule has 3 rings (SSSR count). The van der Waals surface area contributed by atoms with Gasteiger partial charge in [-0.25, -0.2) is 0 Å². The van der Waals surface area contributed by atoms with Crippen LogP contribution < -0.4 is 19.5 Å². The fraction of sp³-hybridized carbons (Fsp3) is 0.500. The maximum atomic E-state index is 5.84. The average molecular weight is 221 g/mol. The molecule has 0 spiro atoms. The zero-order valence-corrected chi connectivity index (χ0v) is 9.07. The quantitative estimate of drug-likeness (QED) is 0.814. The highest BCUT2D eigenvalue weighted by Gasteiger charge is 2.17. The van der Waals surface area contributed by atoms with E-state index in [9.17, 15) is 0 Å². The molecule has 2 heterocycles. The van der Waals surface area contributed by atoms with E-state index in [1.807, 2.05) is 18.2 Å². The maximum absolute atomic E-state index is 5.84. The van der Waals surface area contributed by atoms with Crippen molar-refractivity contribution < 1.29 is 14.2 Å². The molecule has 0 aromatic heterocycles. The summed E-state index contributed by atoms with van der Waals surface area (Å²) in [5.41, 5.74) is 0. The van der Waals surface area contributed by atoms with E-state index < -0.39 is 0 Å². The van der Waals surface area contributed by atoms with Gasteiger partial charge < -0.3 is 19.5 Å². The molecule has 1 atom stereocenters. The van der Waals surface area contributed by atoms with Crippen molar-refractivity contribution in [2.24, 2.45) is 0 Å². The Morgan fingerprint density at radius 1 is 1.19 bits per heavy atom. The molecule has 2 aliphatic heterocycles. The molecule has 16 heavy (non-hydrogen) atoms. The van der Waals surface area contributed by atoms with Crippen LogP contribution in [0.1, 0.15) is 6.42 Å². The molecule has 0 radical (unpaired) electrons. The van der Waals surface area contributed by atoms with Gasteiger partial charge in [-0.1, -0.05) is 0 Å². The molecular formula is C12H15NO3. The zero-order chi connectivity index (χ0) is 10.8. The van der Waals surface area contributed by atoms with Gasteiger partial charge in [0, 0.05) is 12.6 Å². The minimum absolute atomic E-state index is 0.280. The second-order valence-electron chi connectivity index (χ2n) is 4.04. The number of ether oxygens (including phenoxy) is 3. The molecule has 1 saturated heterocycles. The standard InChI is InChI=1S/C12H15NO3/c1-2-11-12(15-6-5-14-11)7-9(1)16-10-3-4-13-8-10/h1-2,7,10,13H,3-6,8H2. The van der Waals surface area contributed by atoms with Crippen molar-refractivity contribution in [1.29, 1.82) is 0 Å². The second-order valence-corrected chi connectivity index (χ2v) is 4.04. The predicted molar refractivity (Wildman–Crippen MR) is 59.3 cm³/mol. The third kappa shape index (κ3) is 1.93. The first-order valence-corrected chi connectivity index (χ1v) is 5.69. The second kappa shape index (κ2) is 4.22. The molecule has 0 bridgehead atoms. The van der Waals surface area contributed by atoms with Crippen molar-refractivity contribution in [3.63, 3.8) is 0 Å². The number of fused-ring (bicyclic) bond motifs is 1. The van der Waals surface area contributed by atoms with E-state index in [2.05, 4.69) is 5.32 Å². The molecular weight excluding hydrogens is 206 g/mol. The molecule has 4 nitrogen and oxygen atoms in total. The van der Waals surface area contributed by atoms with Gasteiger partial charge in [0.05, 0.1) is 0 Å². The third-order valence-electron chi connectivity index (χ3n) is 2.83. The van der Waals surface area contributed by atoms with Crippen LogP contribution >= 0.6 is 0 Å². The van der Waals surface area contributed by atoms with Gasteiger partial charge in [-0.3, -0.25) is 0 Å². The van der Waals surface area contributed by atoms with Crippen LogP contribution in [0.5, 0.6) is 17.2 Å². The van der Waals surface area contributed by atoms with Crippen LogP contribution in [0.2, 0.25) is 0 Å². The van der Waals surface area contributed by atoms with E-state index in [1.54, 1.807) is 0 Å². The summed E-state index contributed by atoms with van der Waals surface area (Å²) in [5, 5.41) is 3.27. The molecule has 4 heteroatoms. The smallest absolute Gasteiger partial charge is 0.165 e. The Kier molecular flexibility index (Phi) is 2.58. The van der Waals surface area contributed by atoms with Gasteiger partial charge in [0.2, 0.25) is 0 Å². The average Bonchev–Trinajstić information content (AvgIpc) is 2.82. The Labute approximate surface area is 94.5 Å². The van der Waals surface area contributed by atoms with Gasteiger partial charge >= 0.3 is 0 Å². The van der Waals surface area contributed by atoms with E-state index in [-0.39, 0.29) is 6.10 Å². The normalized spacial score (nSPS) is 23.1. The first kappa shape index (κ1) is 9.78. The predicted octanol–water partition coefficient (Wildman–Crippen LogP) is 1.20. The van der Waals surface area contributed by atoms with E-state index >= 15 is 0 Å². The highest BCUT2D eigenvalue weighted by atomic mass is 16.6. The van der Waals surface area contributed by atoms with Crippen LogP contribution in [0.25, 0.3) is 0 Å². The SMILES string of the molecule is c1cc2c(cc1OC1CCNC1)OCCO2. The van der Waals surface area contributed by atoms with Crippen molar-refractivity contribution in [2.75, 3.05) is 26.3 Å². The molecule has 0 amide bonds. The molecule has 0 saturated carbocycles. The maximum Gasteiger partial charge on any atom is 0.165 e. The van der Waals surface area contributed by atoms with E-state index in [0.717, 1.165) is 36.8 Å². The van der Waals surface area contributed by atoms with E-state index in [4.69, 9.17) is 14.2 Å². The molecule has 1 unspecified atom stereocenters. The van der Waals surface area contributed by atoms with Crippen LogP contribution in [0.3, 0.4) is 0 Å². The van der Waals surface area contributed by atoms with Crippen molar-refractivity contribution in [2.45, 2.75) is 12.5 Å². The summed E-state index contributed by atoms with van der Waals surface area (Å²) >= 11 is 0. The highest BCUT2D eigenvalue weighted by Crippen LogP contribution is 2.34. The Hall–Kier alpha value is -1.42. The number of hydrogen-bond donors (Lipinski definition) is 1. The monoisotopic (exact) mass is 221 g/mol. The molecule has 1 aromatic rings. The molecule has 1 N–H and O–H groups in total. The summed E-state index contributed by atoms with van der Waals surface area (Å²) in [5.74, 6) is 2.45.